The summed E-state index contributed by atoms with van der Waals surface area (Å²) in [5, 5.41) is 7.72. The molecule has 0 saturated carbocycles. The van der Waals surface area contributed by atoms with Crippen LogP contribution in [0.15, 0.2) is 89.5 Å². The quantitative estimate of drug-likeness (QED) is 0.428. The summed E-state index contributed by atoms with van der Waals surface area (Å²) in [6, 6.07) is 29.4. The van der Waals surface area contributed by atoms with Crippen molar-refractivity contribution in [2.45, 2.75) is 19.9 Å². The van der Waals surface area contributed by atoms with Crippen LogP contribution in [0, 0.1) is 6.92 Å². The third kappa shape index (κ3) is 4.21. The van der Waals surface area contributed by atoms with Gasteiger partial charge in [-0.25, -0.2) is 0 Å². The summed E-state index contributed by atoms with van der Waals surface area (Å²) >= 11 is 0. The molecule has 0 radical (unpaired) electrons. The van der Waals surface area contributed by atoms with Gasteiger partial charge in [-0.3, -0.25) is 0 Å². The van der Waals surface area contributed by atoms with Gasteiger partial charge in [0.15, 0.2) is 5.76 Å². The molecule has 3 aromatic carbocycles. The minimum atomic E-state index is 0.748. The second-order valence-corrected chi connectivity index (χ2v) is 6.93. The van der Waals surface area contributed by atoms with E-state index in [1.807, 2.05) is 19.1 Å². The Bertz CT molecular complexity index is 1010. The van der Waals surface area contributed by atoms with Crippen molar-refractivity contribution >= 4 is 0 Å². The Morgan fingerprint density at radius 3 is 2.07 bits per heavy atom. The van der Waals surface area contributed by atoms with Crippen molar-refractivity contribution in [1.82, 2.24) is 10.5 Å². The van der Waals surface area contributed by atoms with Crippen LogP contribution in [-0.4, -0.2) is 11.7 Å². The highest BCUT2D eigenvalue weighted by molar-refractivity contribution is 5.69. The van der Waals surface area contributed by atoms with Crippen LogP contribution in [0.4, 0.5) is 0 Å². The maximum atomic E-state index is 5.65. The zero-order valence-electron chi connectivity index (χ0n) is 16.1. The van der Waals surface area contributed by atoms with E-state index in [0.717, 1.165) is 42.1 Å². The van der Waals surface area contributed by atoms with E-state index in [0.29, 0.717) is 0 Å². The summed E-state index contributed by atoms with van der Waals surface area (Å²) in [5.41, 5.74) is 6.87. The fourth-order valence-electron chi connectivity index (χ4n) is 3.36. The van der Waals surface area contributed by atoms with Gasteiger partial charge in [-0.1, -0.05) is 90.1 Å². The molecular weight excluding hydrogens is 344 g/mol. The fraction of sp³-hybridized carbons (Fsp3) is 0.160. The molecule has 3 nitrogen and oxygen atoms in total. The van der Waals surface area contributed by atoms with Crippen LogP contribution >= 0.6 is 0 Å². The van der Waals surface area contributed by atoms with Crippen LogP contribution in [-0.2, 0) is 13.0 Å². The largest absolute Gasteiger partial charge is 0.356 e. The Balaban J connectivity index is 1.44. The first-order valence-corrected chi connectivity index (χ1v) is 9.67. The van der Waals surface area contributed by atoms with Crippen LogP contribution in [0.2, 0.25) is 0 Å². The Hall–Kier alpha value is -3.17. The molecule has 0 aliphatic carbocycles. The van der Waals surface area contributed by atoms with Crippen LogP contribution < -0.4 is 5.32 Å². The average Bonchev–Trinajstić information content (AvgIpc) is 3.13. The van der Waals surface area contributed by atoms with E-state index in [2.05, 4.69) is 83.3 Å². The smallest absolute Gasteiger partial charge is 0.171 e. The van der Waals surface area contributed by atoms with Crippen LogP contribution in [0.1, 0.15) is 16.8 Å². The predicted molar refractivity (Wildman–Crippen MR) is 114 cm³/mol. The summed E-state index contributed by atoms with van der Waals surface area (Å²) in [5.74, 6) is 0.851. The molecule has 0 fully saturated rings. The number of aromatic nitrogens is 1. The minimum Gasteiger partial charge on any atom is -0.356 e. The molecule has 0 spiro atoms. The standard InChI is InChI=1S/C25H24N2O/c1-19-24(18-26-17-16-20-8-4-2-5-9-20)25(28-27-19)23-14-12-22(13-15-23)21-10-6-3-7-11-21/h2-15,26H,16-18H2,1H3. The van der Waals surface area contributed by atoms with E-state index < -0.39 is 0 Å². The van der Waals surface area contributed by atoms with Gasteiger partial charge in [-0.2, -0.15) is 0 Å². The Kier molecular flexibility index (Phi) is 5.64. The summed E-state index contributed by atoms with van der Waals surface area (Å²) in [6.45, 7) is 3.67. The van der Waals surface area contributed by atoms with Crippen molar-refractivity contribution in [2.75, 3.05) is 6.54 Å². The first-order valence-electron chi connectivity index (χ1n) is 9.67. The molecule has 0 amide bonds. The molecular formula is C25H24N2O. The first kappa shape index (κ1) is 18.2. The molecule has 1 heterocycles. The summed E-state index contributed by atoms with van der Waals surface area (Å²) in [7, 11) is 0. The third-order valence-electron chi connectivity index (χ3n) is 4.97. The topological polar surface area (TPSA) is 38.1 Å². The van der Waals surface area contributed by atoms with Gasteiger partial charge in [0.1, 0.15) is 0 Å². The molecule has 0 aliphatic heterocycles. The molecule has 0 unspecified atom stereocenters. The number of nitrogens with zero attached hydrogens (tertiary/aromatic N) is 1. The van der Waals surface area contributed by atoms with Gasteiger partial charge in [0, 0.05) is 17.7 Å². The monoisotopic (exact) mass is 368 g/mol. The molecule has 3 heteroatoms. The summed E-state index contributed by atoms with van der Waals surface area (Å²) in [6.07, 6.45) is 1.01. The predicted octanol–water partition coefficient (Wildman–Crippen LogP) is 5.65. The van der Waals surface area contributed by atoms with Crippen molar-refractivity contribution < 1.29 is 4.52 Å². The Labute approximate surface area is 166 Å². The van der Waals surface area contributed by atoms with Crippen molar-refractivity contribution in [3.05, 3.63) is 102 Å². The lowest BCUT2D eigenvalue weighted by atomic mass is 10.0. The minimum absolute atomic E-state index is 0.748. The highest BCUT2D eigenvalue weighted by Gasteiger charge is 2.14. The molecule has 1 N–H and O–H groups in total. The van der Waals surface area contributed by atoms with E-state index in [1.165, 1.54) is 16.7 Å². The number of nitrogens with one attached hydrogen (secondary N) is 1. The lowest BCUT2D eigenvalue weighted by molar-refractivity contribution is 0.426. The zero-order valence-corrected chi connectivity index (χ0v) is 16.1. The van der Waals surface area contributed by atoms with Crippen LogP contribution in [0.25, 0.3) is 22.5 Å². The lowest BCUT2D eigenvalue weighted by Crippen LogP contribution is -2.17. The molecule has 28 heavy (non-hydrogen) atoms. The molecule has 0 atom stereocenters. The second-order valence-electron chi connectivity index (χ2n) is 6.93. The molecule has 0 saturated heterocycles. The van der Waals surface area contributed by atoms with Gasteiger partial charge in [0.2, 0.25) is 0 Å². The molecule has 0 aliphatic rings. The van der Waals surface area contributed by atoms with Crippen molar-refractivity contribution in [3.63, 3.8) is 0 Å². The molecule has 4 aromatic rings. The van der Waals surface area contributed by atoms with Gasteiger partial charge < -0.3 is 9.84 Å². The SMILES string of the molecule is Cc1noc(-c2ccc(-c3ccccc3)cc2)c1CNCCc1ccccc1. The third-order valence-corrected chi connectivity index (χ3v) is 4.97. The van der Waals surface area contributed by atoms with Crippen LogP contribution in [0.5, 0.6) is 0 Å². The Morgan fingerprint density at radius 1 is 0.750 bits per heavy atom. The van der Waals surface area contributed by atoms with E-state index in [4.69, 9.17) is 4.52 Å². The maximum Gasteiger partial charge on any atom is 0.171 e. The van der Waals surface area contributed by atoms with E-state index in [1.54, 1.807) is 0 Å². The molecule has 0 bridgehead atoms. The molecule has 140 valence electrons. The van der Waals surface area contributed by atoms with E-state index in [-0.39, 0.29) is 0 Å². The molecule has 4 rings (SSSR count). The first-order chi connectivity index (χ1) is 13.8. The van der Waals surface area contributed by atoms with Gasteiger partial charge in [-0.05, 0) is 36.6 Å². The van der Waals surface area contributed by atoms with Gasteiger partial charge in [0.05, 0.1) is 5.69 Å². The maximum absolute atomic E-state index is 5.65. The zero-order chi connectivity index (χ0) is 19.2. The second kappa shape index (κ2) is 8.68. The lowest BCUT2D eigenvalue weighted by Gasteiger charge is -2.07. The van der Waals surface area contributed by atoms with Crippen molar-refractivity contribution in [3.8, 4) is 22.5 Å². The molecule has 1 aromatic heterocycles. The fourth-order valence-corrected chi connectivity index (χ4v) is 3.36. The normalized spacial score (nSPS) is 10.9. The van der Waals surface area contributed by atoms with E-state index in [9.17, 15) is 0 Å². The number of hydrogen-bond acceptors (Lipinski definition) is 3. The Morgan fingerprint density at radius 2 is 1.36 bits per heavy atom. The van der Waals surface area contributed by atoms with Crippen LogP contribution in [0.3, 0.4) is 0 Å². The summed E-state index contributed by atoms with van der Waals surface area (Å²) < 4.78 is 5.65. The van der Waals surface area contributed by atoms with Gasteiger partial charge >= 0.3 is 0 Å². The average molecular weight is 368 g/mol. The number of benzene rings is 3. The van der Waals surface area contributed by atoms with Crippen molar-refractivity contribution in [2.24, 2.45) is 0 Å². The van der Waals surface area contributed by atoms with Gasteiger partial charge in [0.25, 0.3) is 0 Å². The number of hydrogen-bond donors (Lipinski definition) is 1. The van der Waals surface area contributed by atoms with Crippen molar-refractivity contribution in [1.29, 1.82) is 0 Å². The number of aryl methyl sites for hydroxylation is 1. The number of rotatable bonds is 7. The van der Waals surface area contributed by atoms with Gasteiger partial charge in [-0.15, -0.1) is 0 Å². The summed E-state index contributed by atoms with van der Waals surface area (Å²) in [4.78, 5) is 0. The van der Waals surface area contributed by atoms with E-state index >= 15 is 0 Å². The highest BCUT2D eigenvalue weighted by Crippen LogP contribution is 2.28. The highest BCUT2D eigenvalue weighted by atomic mass is 16.5.